The molecule has 1 aromatic heterocycles. The van der Waals surface area contributed by atoms with E-state index >= 15 is 0 Å². The summed E-state index contributed by atoms with van der Waals surface area (Å²) in [6.45, 7) is 8.76. The van der Waals surface area contributed by atoms with Crippen molar-refractivity contribution in [1.82, 2.24) is 9.88 Å². The second-order valence-electron chi connectivity index (χ2n) is 9.41. The summed E-state index contributed by atoms with van der Waals surface area (Å²) in [4.78, 5) is 23.8. The summed E-state index contributed by atoms with van der Waals surface area (Å²) >= 11 is 1.59. The Morgan fingerprint density at radius 1 is 1.00 bits per heavy atom. The molecule has 0 saturated carbocycles. The Balaban J connectivity index is 1.42. The molecule has 36 heavy (non-hydrogen) atoms. The van der Waals surface area contributed by atoms with E-state index < -0.39 is 5.92 Å². The first-order valence-corrected chi connectivity index (χ1v) is 13.3. The van der Waals surface area contributed by atoms with Crippen molar-refractivity contribution in [2.45, 2.75) is 19.8 Å². The van der Waals surface area contributed by atoms with Crippen LogP contribution in [0.3, 0.4) is 0 Å². The number of benzene rings is 3. The Hall–Kier alpha value is -3.26. The van der Waals surface area contributed by atoms with Crippen LogP contribution < -0.4 is 9.64 Å². The number of anilines is 1. The Kier molecular flexibility index (Phi) is 6.21. The third-order valence-electron chi connectivity index (χ3n) is 7.24. The average Bonchev–Trinajstić information content (AvgIpc) is 3.34. The van der Waals surface area contributed by atoms with Crippen molar-refractivity contribution in [3.05, 3.63) is 82.9 Å². The number of thiazole rings is 1. The number of fused-ring (bicyclic) bond motifs is 3. The Morgan fingerprint density at radius 3 is 2.36 bits per heavy atom. The van der Waals surface area contributed by atoms with Gasteiger partial charge < -0.3 is 9.47 Å². The number of para-hydroxylation sites is 2. The van der Waals surface area contributed by atoms with Gasteiger partial charge in [-0.15, -0.1) is 0 Å². The number of carbonyl (C=O) groups is 1. The number of morpholine rings is 1. The number of hydrogen-bond acceptors (Lipinski definition) is 6. The maximum absolute atomic E-state index is 14.5. The molecule has 0 bridgehead atoms. The third-order valence-corrected chi connectivity index (χ3v) is 8.28. The Labute approximate surface area is 215 Å². The third kappa shape index (κ3) is 4.17. The molecule has 184 valence electrons. The van der Waals surface area contributed by atoms with Gasteiger partial charge in [0.25, 0.3) is 0 Å². The number of aromatic nitrogens is 1. The molecule has 6 nitrogen and oxygen atoms in total. The summed E-state index contributed by atoms with van der Waals surface area (Å²) in [5.74, 6) is 1.04. The first-order chi connectivity index (χ1) is 17.6. The van der Waals surface area contributed by atoms with Crippen LogP contribution in [0.25, 0.3) is 10.2 Å². The standard InChI is InChI=1S/C29H29N3O3S/c1-19-11-12-25-27(20(19)2)30-29(36-25)32(14-13-31-15-17-34-18-16-31)28(33)26-21-7-3-5-9-23(21)35-24-10-6-4-8-22(24)26/h3-12,26H,13-18H2,1-2H3. The lowest BCUT2D eigenvalue weighted by molar-refractivity contribution is -0.119. The van der Waals surface area contributed by atoms with Crippen LogP contribution in [0.5, 0.6) is 11.5 Å². The maximum Gasteiger partial charge on any atom is 0.241 e. The summed E-state index contributed by atoms with van der Waals surface area (Å²) < 4.78 is 12.8. The largest absolute Gasteiger partial charge is 0.457 e. The van der Waals surface area contributed by atoms with Gasteiger partial charge in [-0.05, 0) is 43.2 Å². The molecule has 0 radical (unpaired) electrons. The summed E-state index contributed by atoms with van der Waals surface area (Å²) in [5.41, 5.74) is 5.14. The highest BCUT2D eigenvalue weighted by Crippen LogP contribution is 2.45. The first-order valence-electron chi connectivity index (χ1n) is 12.4. The molecule has 2 aliphatic heterocycles. The van der Waals surface area contributed by atoms with E-state index in [-0.39, 0.29) is 5.91 Å². The molecule has 4 aromatic rings. The van der Waals surface area contributed by atoms with Crippen molar-refractivity contribution >= 4 is 32.6 Å². The summed E-state index contributed by atoms with van der Waals surface area (Å²) in [6.07, 6.45) is 0. The number of nitrogens with zero attached hydrogens (tertiary/aromatic N) is 3. The number of rotatable bonds is 5. The number of carbonyl (C=O) groups excluding carboxylic acids is 1. The fourth-order valence-electron chi connectivity index (χ4n) is 5.03. The lowest BCUT2D eigenvalue weighted by Gasteiger charge is -2.33. The molecule has 1 amide bonds. The van der Waals surface area contributed by atoms with E-state index in [2.05, 4.69) is 30.9 Å². The molecule has 2 aliphatic rings. The number of amides is 1. The van der Waals surface area contributed by atoms with Crippen LogP contribution in [0.15, 0.2) is 60.7 Å². The Morgan fingerprint density at radius 2 is 1.67 bits per heavy atom. The molecule has 1 saturated heterocycles. The zero-order valence-electron chi connectivity index (χ0n) is 20.6. The van der Waals surface area contributed by atoms with Crippen molar-refractivity contribution < 1.29 is 14.3 Å². The van der Waals surface area contributed by atoms with Crippen molar-refractivity contribution in [3.8, 4) is 11.5 Å². The molecular weight excluding hydrogens is 470 g/mol. The number of ether oxygens (including phenoxy) is 2. The predicted molar refractivity (Wildman–Crippen MR) is 144 cm³/mol. The topological polar surface area (TPSA) is 54.9 Å². The highest BCUT2D eigenvalue weighted by atomic mass is 32.1. The summed E-state index contributed by atoms with van der Waals surface area (Å²) in [5, 5.41) is 0.749. The van der Waals surface area contributed by atoms with Crippen LogP contribution >= 0.6 is 11.3 Å². The van der Waals surface area contributed by atoms with Gasteiger partial charge in [0.15, 0.2) is 5.13 Å². The first kappa shape index (κ1) is 23.2. The van der Waals surface area contributed by atoms with Gasteiger partial charge in [-0.2, -0.15) is 0 Å². The normalized spacial score (nSPS) is 15.8. The van der Waals surface area contributed by atoms with Gasteiger partial charge in [0.2, 0.25) is 5.91 Å². The molecule has 1 fully saturated rings. The minimum atomic E-state index is -0.453. The zero-order valence-corrected chi connectivity index (χ0v) is 21.4. The van der Waals surface area contributed by atoms with Gasteiger partial charge in [-0.25, -0.2) is 4.98 Å². The van der Waals surface area contributed by atoms with Crippen LogP contribution in [0.2, 0.25) is 0 Å². The van der Waals surface area contributed by atoms with Crippen molar-refractivity contribution in [2.75, 3.05) is 44.3 Å². The molecule has 0 atom stereocenters. The highest BCUT2D eigenvalue weighted by molar-refractivity contribution is 7.22. The lowest BCUT2D eigenvalue weighted by atomic mass is 9.87. The van der Waals surface area contributed by atoms with E-state index in [9.17, 15) is 4.79 Å². The minimum Gasteiger partial charge on any atom is -0.457 e. The lowest BCUT2D eigenvalue weighted by Crippen LogP contribution is -2.44. The molecule has 0 aliphatic carbocycles. The van der Waals surface area contributed by atoms with Crippen LogP contribution in [-0.2, 0) is 9.53 Å². The zero-order chi connectivity index (χ0) is 24.6. The van der Waals surface area contributed by atoms with Gasteiger partial charge in [0.1, 0.15) is 11.5 Å². The fourth-order valence-corrected chi connectivity index (χ4v) is 6.08. The van der Waals surface area contributed by atoms with E-state index in [0.29, 0.717) is 6.54 Å². The van der Waals surface area contributed by atoms with Gasteiger partial charge in [0, 0.05) is 37.3 Å². The molecule has 3 aromatic carbocycles. The maximum atomic E-state index is 14.5. The van der Waals surface area contributed by atoms with E-state index in [4.69, 9.17) is 14.5 Å². The summed E-state index contributed by atoms with van der Waals surface area (Å²) in [7, 11) is 0. The van der Waals surface area contributed by atoms with Gasteiger partial charge in [0.05, 0.1) is 29.3 Å². The second kappa shape index (κ2) is 9.65. The molecule has 0 spiro atoms. The van der Waals surface area contributed by atoms with Crippen molar-refractivity contribution in [1.29, 1.82) is 0 Å². The smallest absolute Gasteiger partial charge is 0.241 e. The molecular formula is C29H29N3O3S. The van der Waals surface area contributed by atoms with E-state index in [0.717, 1.165) is 76.4 Å². The van der Waals surface area contributed by atoms with Crippen molar-refractivity contribution in [2.24, 2.45) is 0 Å². The SMILES string of the molecule is Cc1ccc2sc(N(CCN3CCOCC3)C(=O)C3c4ccccc4Oc4ccccc43)nc2c1C. The fraction of sp³-hybridized carbons (Fsp3) is 0.310. The predicted octanol–water partition coefficient (Wildman–Crippen LogP) is 5.52. The monoisotopic (exact) mass is 499 g/mol. The van der Waals surface area contributed by atoms with E-state index in [1.807, 2.05) is 53.4 Å². The second-order valence-corrected chi connectivity index (χ2v) is 10.4. The average molecular weight is 500 g/mol. The number of aryl methyl sites for hydroxylation is 2. The van der Waals surface area contributed by atoms with Crippen LogP contribution in [-0.4, -0.2) is 55.2 Å². The van der Waals surface area contributed by atoms with Crippen LogP contribution in [0.1, 0.15) is 28.2 Å². The van der Waals surface area contributed by atoms with E-state index in [1.165, 1.54) is 5.56 Å². The Bertz CT molecular complexity index is 1380. The molecule has 3 heterocycles. The molecule has 0 N–H and O–H groups in total. The molecule has 6 rings (SSSR count). The molecule has 0 unspecified atom stereocenters. The van der Waals surface area contributed by atoms with Crippen LogP contribution in [0, 0.1) is 13.8 Å². The minimum absolute atomic E-state index is 0.0277. The summed E-state index contributed by atoms with van der Waals surface area (Å²) in [6, 6.07) is 20.0. The quantitative estimate of drug-likeness (QED) is 0.362. The van der Waals surface area contributed by atoms with Gasteiger partial charge >= 0.3 is 0 Å². The number of hydrogen-bond donors (Lipinski definition) is 0. The van der Waals surface area contributed by atoms with Gasteiger partial charge in [-0.1, -0.05) is 53.8 Å². The van der Waals surface area contributed by atoms with Gasteiger partial charge in [-0.3, -0.25) is 14.6 Å². The van der Waals surface area contributed by atoms with Crippen molar-refractivity contribution in [3.63, 3.8) is 0 Å². The molecule has 7 heteroatoms. The van der Waals surface area contributed by atoms with E-state index in [1.54, 1.807) is 11.3 Å². The van der Waals surface area contributed by atoms with Crippen LogP contribution in [0.4, 0.5) is 5.13 Å². The highest BCUT2D eigenvalue weighted by Gasteiger charge is 2.36.